The van der Waals surface area contributed by atoms with Crippen LogP contribution in [0, 0.1) is 5.82 Å². The average Bonchev–Trinajstić information content (AvgIpc) is 3.29. The molecule has 9 heteroatoms. The summed E-state index contributed by atoms with van der Waals surface area (Å²) in [5.41, 5.74) is 1.35. The normalized spacial score (nSPS) is 13.4. The smallest absolute Gasteiger partial charge is 0.271 e. The van der Waals surface area contributed by atoms with Gasteiger partial charge in [-0.25, -0.2) is 14.4 Å². The highest BCUT2D eigenvalue weighted by Crippen LogP contribution is 2.38. The molecular formula is C21H17FN6O2. The molecule has 150 valence electrons. The molecule has 3 heterocycles. The maximum Gasteiger partial charge on any atom is 0.271 e. The van der Waals surface area contributed by atoms with Gasteiger partial charge in [0.1, 0.15) is 23.7 Å². The van der Waals surface area contributed by atoms with Crippen LogP contribution in [-0.4, -0.2) is 30.6 Å². The first-order chi connectivity index (χ1) is 14.7. The van der Waals surface area contributed by atoms with E-state index >= 15 is 0 Å². The zero-order chi connectivity index (χ0) is 20.5. The Labute approximate surface area is 170 Å². The molecule has 0 atom stereocenters. The molecule has 0 saturated heterocycles. The third-order valence-corrected chi connectivity index (χ3v) is 4.86. The van der Waals surface area contributed by atoms with Crippen LogP contribution in [0.5, 0.6) is 0 Å². The molecule has 30 heavy (non-hydrogen) atoms. The molecule has 0 bridgehead atoms. The molecule has 1 aliphatic rings. The quantitative estimate of drug-likeness (QED) is 0.530. The van der Waals surface area contributed by atoms with E-state index in [1.165, 1.54) is 12.4 Å². The van der Waals surface area contributed by atoms with Crippen molar-refractivity contribution in [2.24, 2.45) is 0 Å². The lowest BCUT2D eigenvalue weighted by molar-refractivity contribution is 0.0946. The summed E-state index contributed by atoms with van der Waals surface area (Å²) in [5, 5.41) is 6.67. The van der Waals surface area contributed by atoms with E-state index in [1.807, 2.05) is 6.07 Å². The summed E-state index contributed by atoms with van der Waals surface area (Å²) in [6.45, 7) is 0.0817. The number of nitrogens with zero attached hydrogens (tertiary/aromatic N) is 5. The summed E-state index contributed by atoms with van der Waals surface area (Å²) in [6.07, 6.45) is 6.91. The number of imidazole rings is 1. The van der Waals surface area contributed by atoms with Crippen LogP contribution < -0.4 is 5.32 Å². The zero-order valence-electron chi connectivity index (χ0n) is 15.8. The summed E-state index contributed by atoms with van der Waals surface area (Å²) in [7, 11) is 0. The molecule has 5 rings (SSSR count). The first-order valence-corrected chi connectivity index (χ1v) is 9.53. The minimum atomic E-state index is -0.396. The molecule has 0 spiro atoms. The number of hydrogen-bond donors (Lipinski definition) is 1. The Morgan fingerprint density at radius 1 is 1.20 bits per heavy atom. The van der Waals surface area contributed by atoms with Crippen LogP contribution in [0.4, 0.5) is 4.39 Å². The molecule has 1 aliphatic carbocycles. The van der Waals surface area contributed by atoms with Crippen LogP contribution in [-0.2, 0) is 6.54 Å². The van der Waals surface area contributed by atoms with Crippen molar-refractivity contribution in [3.8, 4) is 17.3 Å². The van der Waals surface area contributed by atoms with Gasteiger partial charge in [-0.1, -0.05) is 23.4 Å². The van der Waals surface area contributed by atoms with Crippen LogP contribution in [0.1, 0.15) is 40.6 Å². The summed E-state index contributed by atoms with van der Waals surface area (Å²) in [6, 6.07) is 9.90. The molecule has 1 saturated carbocycles. The number of rotatable bonds is 6. The van der Waals surface area contributed by atoms with Crippen LogP contribution >= 0.6 is 0 Å². The number of halogens is 1. The van der Waals surface area contributed by atoms with Crippen LogP contribution in [0.3, 0.4) is 0 Å². The highest BCUT2D eigenvalue weighted by Gasteiger charge is 2.29. The van der Waals surface area contributed by atoms with E-state index in [9.17, 15) is 9.18 Å². The van der Waals surface area contributed by atoms with Crippen molar-refractivity contribution >= 4 is 5.91 Å². The van der Waals surface area contributed by atoms with Gasteiger partial charge in [0.25, 0.3) is 11.8 Å². The summed E-state index contributed by atoms with van der Waals surface area (Å²) >= 11 is 0. The van der Waals surface area contributed by atoms with E-state index in [1.54, 1.807) is 41.2 Å². The number of aromatic nitrogens is 5. The van der Waals surface area contributed by atoms with Crippen molar-refractivity contribution in [2.45, 2.75) is 25.3 Å². The lowest BCUT2D eigenvalue weighted by Gasteiger charge is -2.04. The number of hydrogen-bond acceptors (Lipinski definition) is 6. The molecule has 3 aromatic heterocycles. The summed E-state index contributed by atoms with van der Waals surface area (Å²) in [4.78, 5) is 25.2. The van der Waals surface area contributed by atoms with E-state index in [0.29, 0.717) is 23.2 Å². The van der Waals surface area contributed by atoms with Gasteiger partial charge < -0.3 is 9.84 Å². The van der Waals surface area contributed by atoms with Gasteiger partial charge in [0.15, 0.2) is 5.82 Å². The average molecular weight is 404 g/mol. The molecule has 8 nitrogen and oxygen atoms in total. The van der Waals surface area contributed by atoms with Crippen molar-refractivity contribution in [3.63, 3.8) is 0 Å². The second kappa shape index (κ2) is 7.51. The van der Waals surface area contributed by atoms with Gasteiger partial charge in [0, 0.05) is 30.4 Å². The highest BCUT2D eigenvalue weighted by atomic mass is 19.1. The lowest BCUT2D eigenvalue weighted by atomic mass is 10.2. The Bertz CT molecular complexity index is 1200. The Morgan fingerprint density at radius 2 is 2.07 bits per heavy atom. The predicted octanol–water partition coefficient (Wildman–Crippen LogP) is 3.26. The topological polar surface area (TPSA) is 98.7 Å². The predicted molar refractivity (Wildman–Crippen MR) is 104 cm³/mol. The minimum Gasteiger partial charge on any atom is -0.346 e. The van der Waals surface area contributed by atoms with Gasteiger partial charge in [-0.15, -0.1) is 0 Å². The molecular weight excluding hydrogens is 387 g/mol. The Hall–Kier alpha value is -3.88. The number of nitrogens with one attached hydrogen (secondary N) is 1. The largest absolute Gasteiger partial charge is 0.346 e. The SMILES string of the molecule is O=C(NCc1ccccc1F)c1cn(-c2ccc(-c3nc(C4CC4)no3)cn2)cn1. The van der Waals surface area contributed by atoms with Crippen molar-refractivity contribution in [3.05, 3.63) is 78.0 Å². The van der Waals surface area contributed by atoms with E-state index in [0.717, 1.165) is 24.2 Å². The Balaban J connectivity index is 1.26. The van der Waals surface area contributed by atoms with Gasteiger partial charge in [-0.2, -0.15) is 4.98 Å². The van der Waals surface area contributed by atoms with Crippen molar-refractivity contribution in [1.29, 1.82) is 0 Å². The molecule has 1 fully saturated rings. The first kappa shape index (κ1) is 18.2. The maximum absolute atomic E-state index is 13.7. The minimum absolute atomic E-state index is 0.0817. The van der Waals surface area contributed by atoms with Gasteiger partial charge >= 0.3 is 0 Å². The van der Waals surface area contributed by atoms with Crippen molar-refractivity contribution < 1.29 is 13.7 Å². The van der Waals surface area contributed by atoms with Gasteiger partial charge in [0.05, 0.1) is 5.56 Å². The third-order valence-electron chi connectivity index (χ3n) is 4.86. The third kappa shape index (κ3) is 3.69. The van der Waals surface area contributed by atoms with E-state index in [4.69, 9.17) is 4.52 Å². The number of carbonyl (C=O) groups excluding carboxylic acids is 1. The summed E-state index contributed by atoms with van der Waals surface area (Å²) < 4.78 is 20.6. The van der Waals surface area contributed by atoms with Crippen molar-refractivity contribution in [1.82, 2.24) is 30.0 Å². The standard InChI is InChI=1S/C21H17FN6O2/c22-16-4-2-1-3-14(16)9-24-20(29)17-11-28(12-25-17)18-8-7-15(10-23-18)21-26-19(27-30-21)13-5-6-13/h1-4,7-8,10-13H,5-6,9H2,(H,24,29). The second-order valence-corrected chi connectivity index (χ2v) is 7.08. The van der Waals surface area contributed by atoms with Gasteiger partial charge in [0.2, 0.25) is 0 Å². The second-order valence-electron chi connectivity index (χ2n) is 7.08. The molecule has 0 radical (unpaired) electrons. The number of carbonyl (C=O) groups is 1. The van der Waals surface area contributed by atoms with Gasteiger partial charge in [-0.05, 0) is 31.0 Å². The Kier molecular flexibility index (Phi) is 4.55. The first-order valence-electron chi connectivity index (χ1n) is 9.53. The summed E-state index contributed by atoms with van der Waals surface area (Å²) in [5.74, 6) is 1.43. The fourth-order valence-electron chi connectivity index (χ4n) is 3.00. The van der Waals surface area contributed by atoms with Crippen LogP contribution in [0.2, 0.25) is 0 Å². The van der Waals surface area contributed by atoms with Crippen LogP contribution in [0.25, 0.3) is 17.3 Å². The molecule has 1 amide bonds. The van der Waals surface area contributed by atoms with E-state index in [2.05, 4.69) is 25.4 Å². The maximum atomic E-state index is 13.7. The lowest BCUT2D eigenvalue weighted by Crippen LogP contribution is -2.23. The molecule has 0 aliphatic heterocycles. The Morgan fingerprint density at radius 3 is 2.83 bits per heavy atom. The molecule has 4 aromatic rings. The highest BCUT2D eigenvalue weighted by molar-refractivity contribution is 5.92. The van der Waals surface area contributed by atoms with Gasteiger partial charge in [-0.3, -0.25) is 9.36 Å². The van der Waals surface area contributed by atoms with Crippen molar-refractivity contribution in [2.75, 3.05) is 0 Å². The fourth-order valence-corrected chi connectivity index (χ4v) is 3.00. The molecule has 0 unspecified atom stereocenters. The number of benzene rings is 1. The fraction of sp³-hybridized carbons (Fsp3) is 0.190. The van der Waals surface area contributed by atoms with Crippen LogP contribution in [0.15, 0.2) is 59.6 Å². The number of pyridine rings is 1. The van der Waals surface area contributed by atoms with E-state index < -0.39 is 5.91 Å². The number of amides is 1. The molecule has 1 aromatic carbocycles. The monoisotopic (exact) mass is 404 g/mol. The van der Waals surface area contributed by atoms with E-state index in [-0.39, 0.29) is 18.1 Å². The molecule has 1 N–H and O–H groups in total. The zero-order valence-corrected chi connectivity index (χ0v) is 15.8.